The number of imide groups is 2. The van der Waals surface area contributed by atoms with Crippen LogP contribution < -0.4 is 26.6 Å². The van der Waals surface area contributed by atoms with Gasteiger partial charge in [-0.2, -0.15) is 18.3 Å². The quantitative estimate of drug-likeness (QED) is 0.0465. The Morgan fingerprint density at radius 1 is 0.865 bits per heavy atom. The third-order valence-corrected chi connectivity index (χ3v) is 14.3. The first-order valence-electron chi connectivity index (χ1n) is 25.1. The summed E-state index contributed by atoms with van der Waals surface area (Å²) < 4.78 is 39.4. The summed E-state index contributed by atoms with van der Waals surface area (Å²) in [6.07, 6.45) is 10.7. The smallest absolute Gasteiger partial charge is 0.383 e. The second kappa shape index (κ2) is 22.0. The molecule has 21 heteroatoms. The van der Waals surface area contributed by atoms with Gasteiger partial charge in [-0.15, -0.1) is 0 Å². The molecule has 7 amide bonds. The Bertz CT molecular complexity index is 3020. The molecule has 0 spiro atoms. The molecule has 0 radical (unpaired) electrons. The summed E-state index contributed by atoms with van der Waals surface area (Å²) in [6.45, 7) is 2.59. The van der Waals surface area contributed by atoms with Gasteiger partial charge in [0.2, 0.25) is 23.6 Å². The lowest BCUT2D eigenvalue weighted by Gasteiger charge is -2.34. The fraction of sp³-hybridized carbons (Fsp3) is 0.396. The highest BCUT2D eigenvalue weighted by Gasteiger charge is 2.45. The molecule has 2 atom stereocenters. The second-order valence-corrected chi connectivity index (χ2v) is 19.2. The van der Waals surface area contributed by atoms with Crippen LogP contribution in [0.25, 0.3) is 28.2 Å². The van der Waals surface area contributed by atoms with E-state index in [2.05, 4.69) is 41.0 Å². The van der Waals surface area contributed by atoms with Crippen LogP contribution in [0.2, 0.25) is 0 Å². The highest BCUT2D eigenvalue weighted by Crippen LogP contribution is 2.35. The number of H-pyrrole nitrogens is 1. The minimum Gasteiger partial charge on any atom is -0.383 e. The molecule has 6 N–H and O–H groups in total. The number of nitrogens with one attached hydrogen (secondary N) is 4. The zero-order chi connectivity index (χ0) is 52.1. The van der Waals surface area contributed by atoms with Gasteiger partial charge < -0.3 is 26.2 Å². The number of hydrogen-bond donors (Lipinski definition) is 5. The molecule has 3 saturated heterocycles. The van der Waals surface area contributed by atoms with E-state index in [0.29, 0.717) is 54.0 Å². The topological polar surface area (TPSA) is 246 Å². The van der Waals surface area contributed by atoms with Gasteiger partial charge in [0.15, 0.2) is 0 Å². The van der Waals surface area contributed by atoms with Gasteiger partial charge in [0.05, 0.1) is 27.8 Å². The normalized spacial score (nSPS) is 18.4. The Hall–Kier alpha value is -7.97. The molecule has 4 aliphatic heterocycles. The maximum absolute atomic E-state index is 13.4. The number of unbranched alkanes of at least 4 members (excludes halogenated alkanes) is 3. The zero-order valence-electron chi connectivity index (χ0n) is 40.5. The van der Waals surface area contributed by atoms with Crippen molar-refractivity contribution in [2.75, 3.05) is 42.1 Å². The van der Waals surface area contributed by atoms with Crippen molar-refractivity contribution in [2.24, 2.45) is 5.92 Å². The van der Waals surface area contributed by atoms with Crippen molar-refractivity contribution in [1.29, 1.82) is 0 Å². The van der Waals surface area contributed by atoms with Crippen LogP contribution >= 0.6 is 0 Å². The van der Waals surface area contributed by atoms with Crippen molar-refractivity contribution < 1.29 is 46.7 Å². The van der Waals surface area contributed by atoms with Gasteiger partial charge in [-0.05, 0) is 113 Å². The highest BCUT2D eigenvalue weighted by molar-refractivity contribution is 6.23. The van der Waals surface area contributed by atoms with Gasteiger partial charge in [0, 0.05) is 73.8 Å². The molecule has 2 aromatic carbocycles. The van der Waals surface area contributed by atoms with Crippen LogP contribution in [0.3, 0.4) is 0 Å². The molecule has 7 heterocycles. The Kier molecular flexibility index (Phi) is 15.2. The fourth-order valence-corrected chi connectivity index (χ4v) is 10.3. The number of fused-ring (bicyclic) bond motifs is 2. The number of likely N-dealkylation sites (tertiary alicyclic amines) is 1. The fourth-order valence-electron chi connectivity index (χ4n) is 10.3. The minimum atomic E-state index is -4.58. The first-order valence-corrected chi connectivity index (χ1v) is 25.1. The van der Waals surface area contributed by atoms with Crippen LogP contribution in [0, 0.1) is 5.92 Å². The third-order valence-electron chi connectivity index (χ3n) is 14.3. The molecule has 0 aliphatic carbocycles. The molecule has 386 valence electrons. The van der Waals surface area contributed by atoms with Crippen LogP contribution in [-0.4, -0.2) is 110 Å². The van der Waals surface area contributed by atoms with E-state index in [0.717, 1.165) is 105 Å². The summed E-state index contributed by atoms with van der Waals surface area (Å²) in [5, 5.41) is 15.8. The highest BCUT2D eigenvalue weighted by atomic mass is 19.4. The maximum atomic E-state index is 13.4. The SMILES string of the molecule is Nc1ncc(/C=C/CCCCCNC(=O)C2CCCN2C(=O)CCCC2CCN(c3ccc4c(c3)C(=O)N(C3CCC(=O)NC3=O)C4=O)CC2)c2n[nH]c(-c3ccc(C(=O)Nc4cc(C(F)(F)F)ccn4)cc3)c12. The van der Waals surface area contributed by atoms with Crippen LogP contribution in [0.15, 0.2) is 73.1 Å². The van der Waals surface area contributed by atoms with E-state index >= 15 is 0 Å². The molecular formula is C53H56F3N11O7. The number of amides is 7. The summed E-state index contributed by atoms with van der Waals surface area (Å²) in [6, 6.07) is 11.7. The number of allylic oxidation sites excluding steroid dienone is 1. The van der Waals surface area contributed by atoms with Crippen molar-refractivity contribution in [3.63, 3.8) is 0 Å². The molecule has 9 rings (SSSR count). The molecule has 0 bridgehead atoms. The summed E-state index contributed by atoms with van der Waals surface area (Å²) >= 11 is 0. The Morgan fingerprint density at radius 2 is 1.65 bits per heavy atom. The predicted octanol–water partition coefficient (Wildman–Crippen LogP) is 7.04. The number of pyridine rings is 2. The average Bonchev–Trinajstić information content (AvgIpc) is 4.14. The van der Waals surface area contributed by atoms with Gasteiger partial charge in [-0.25, -0.2) is 9.97 Å². The number of nitrogens with two attached hydrogens (primary N) is 1. The minimum absolute atomic E-state index is 0.00529. The van der Waals surface area contributed by atoms with E-state index in [-0.39, 0.29) is 53.0 Å². The van der Waals surface area contributed by atoms with Gasteiger partial charge >= 0.3 is 6.18 Å². The lowest BCUT2D eigenvalue weighted by atomic mass is 9.91. The van der Waals surface area contributed by atoms with Crippen molar-refractivity contribution in [3.05, 3.63) is 101 Å². The average molecular weight is 1020 g/mol. The largest absolute Gasteiger partial charge is 0.416 e. The van der Waals surface area contributed by atoms with E-state index in [1.54, 1.807) is 35.4 Å². The summed E-state index contributed by atoms with van der Waals surface area (Å²) in [5.41, 5.74) is 9.54. The monoisotopic (exact) mass is 1020 g/mol. The number of nitrogen functional groups attached to an aromatic ring is 1. The molecule has 0 saturated carbocycles. The number of anilines is 3. The molecule has 4 aliphatic rings. The number of piperidine rings is 2. The summed E-state index contributed by atoms with van der Waals surface area (Å²) in [4.78, 5) is 103. The lowest BCUT2D eigenvalue weighted by Crippen LogP contribution is -2.54. The van der Waals surface area contributed by atoms with Gasteiger partial charge in [-0.1, -0.05) is 30.7 Å². The molecule has 2 unspecified atom stereocenters. The molecule has 3 aromatic heterocycles. The predicted molar refractivity (Wildman–Crippen MR) is 268 cm³/mol. The van der Waals surface area contributed by atoms with Gasteiger partial charge in [-0.3, -0.25) is 48.9 Å². The van der Waals surface area contributed by atoms with Crippen molar-refractivity contribution in [3.8, 4) is 11.3 Å². The number of carbonyl (C=O) groups excluding carboxylic acids is 7. The number of hydrogen-bond acceptors (Lipinski definition) is 12. The number of rotatable bonds is 17. The number of alkyl halides is 3. The molecular weight excluding hydrogens is 960 g/mol. The van der Waals surface area contributed by atoms with E-state index in [9.17, 15) is 46.7 Å². The van der Waals surface area contributed by atoms with E-state index < -0.39 is 53.4 Å². The molecule has 18 nitrogen and oxygen atoms in total. The number of aromatic amines is 1. The van der Waals surface area contributed by atoms with E-state index in [1.807, 2.05) is 18.2 Å². The Labute approximate surface area is 423 Å². The van der Waals surface area contributed by atoms with Crippen molar-refractivity contribution in [2.45, 2.75) is 102 Å². The van der Waals surface area contributed by atoms with Crippen molar-refractivity contribution in [1.82, 2.24) is 40.6 Å². The summed E-state index contributed by atoms with van der Waals surface area (Å²) in [5.74, 6) is -2.38. The third kappa shape index (κ3) is 11.2. The Balaban J connectivity index is 0.668. The molecule has 3 fully saturated rings. The standard InChI is InChI=1S/C53H56F3N11O7/c54-53(55,56)35-20-24-58-41(28-35)61-48(70)33-14-12-32(13-15-33)45-44-46(64-63-45)34(30-60-47(44)57)9-4-2-1-3-5-23-59-49(71)39-10-7-25-66(39)43(69)11-6-8-31-21-26-65(27-22-31)36-16-17-37-38(29-36)52(74)67(51(37)73)40-18-19-42(68)62-50(40)72/h4,9,12-17,20,24,28-31,39-40H,1-3,5-8,10-11,18-19,21-23,25-27H2,(H2,57,60)(H,59,71)(H,63,64)(H,58,61,70)(H,62,68,72)/b9-4+. The van der Waals surface area contributed by atoms with Gasteiger partial charge in [0.25, 0.3) is 17.7 Å². The first kappa shape index (κ1) is 51.0. The number of benzene rings is 2. The zero-order valence-corrected chi connectivity index (χ0v) is 40.5. The molecule has 74 heavy (non-hydrogen) atoms. The second-order valence-electron chi connectivity index (χ2n) is 19.2. The van der Waals surface area contributed by atoms with Crippen molar-refractivity contribution >= 4 is 75.7 Å². The number of nitrogens with zero attached hydrogens (tertiary/aromatic N) is 6. The molecule has 5 aromatic rings. The van der Waals surface area contributed by atoms with Crippen LogP contribution in [-0.2, 0) is 25.4 Å². The first-order chi connectivity index (χ1) is 35.6. The van der Waals surface area contributed by atoms with Crippen LogP contribution in [0.1, 0.15) is 126 Å². The number of halogens is 3. The van der Waals surface area contributed by atoms with E-state index in [4.69, 9.17) is 5.73 Å². The Morgan fingerprint density at radius 3 is 2.42 bits per heavy atom. The summed E-state index contributed by atoms with van der Waals surface area (Å²) in [7, 11) is 0. The van der Waals surface area contributed by atoms with E-state index in [1.165, 1.54) is 12.1 Å². The van der Waals surface area contributed by atoms with Gasteiger partial charge in [0.1, 0.15) is 29.2 Å². The van der Waals surface area contributed by atoms with Crippen LogP contribution in [0.5, 0.6) is 0 Å². The van der Waals surface area contributed by atoms with Crippen LogP contribution in [0.4, 0.5) is 30.5 Å². The number of aromatic nitrogens is 4. The number of carbonyl (C=O) groups is 7. The lowest BCUT2D eigenvalue weighted by molar-refractivity contribution is -0.138. The maximum Gasteiger partial charge on any atom is 0.416 e.